The van der Waals surface area contributed by atoms with Crippen LogP contribution in [0, 0.1) is 0 Å². The Morgan fingerprint density at radius 3 is 2.93 bits per heavy atom. The first kappa shape index (κ1) is 11.9. The summed E-state index contributed by atoms with van der Waals surface area (Å²) in [6, 6.07) is 3.92. The molecule has 0 aliphatic heterocycles. The second-order valence-electron chi connectivity index (χ2n) is 3.41. The minimum absolute atomic E-state index is 0.619. The van der Waals surface area contributed by atoms with Crippen molar-refractivity contribution in [3.05, 3.63) is 23.9 Å². The van der Waals surface area contributed by atoms with Gasteiger partial charge in [-0.15, -0.1) is 0 Å². The fourth-order valence-corrected chi connectivity index (χ4v) is 1.39. The number of nitrogens with two attached hydrogens (primary N) is 1. The van der Waals surface area contributed by atoms with Crippen molar-refractivity contribution in [3.63, 3.8) is 0 Å². The van der Waals surface area contributed by atoms with Gasteiger partial charge in [0.1, 0.15) is 5.82 Å². The van der Waals surface area contributed by atoms with Crippen LogP contribution in [0.25, 0.3) is 0 Å². The molecule has 0 saturated heterocycles. The van der Waals surface area contributed by atoms with Gasteiger partial charge in [0.2, 0.25) is 0 Å². The summed E-state index contributed by atoms with van der Waals surface area (Å²) in [7, 11) is 1.71. The van der Waals surface area contributed by atoms with Gasteiger partial charge in [-0.3, -0.25) is 4.90 Å². The number of hydrogen-bond acceptors (Lipinski definition) is 4. The van der Waals surface area contributed by atoms with Gasteiger partial charge in [-0.2, -0.15) is 0 Å². The van der Waals surface area contributed by atoms with Crippen molar-refractivity contribution in [2.45, 2.75) is 13.5 Å². The molecule has 4 heteroatoms. The maximum absolute atomic E-state index is 5.78. The predicted molar refractivity (Wildman–Crippen MR) is 61.5 cm³/mol. The van der Waals surface area contributed by atoms with Crippen LogP contribution >= 0.6 is 0 Å². The van der Waals surface area contributed by atoms with E-state index in [1.807, 2.05) is 12.1 Å². The molecule has 0 atom stereocenters. The number of nitrogen functional groups attached to an aromatic ring is 1. The Labute approximate surface area is 91.1 Å². The van der Waals surface area contributed by atoms with Gasteiger partial charge in [-0.1, -0.05) is 13.0 Å². The standard InChI is InChI=1S/C11H19N3O/c1-3-14(7-8-15-2)9-10-5-4-6-13-11(10)12/h4-6H,3,7-9H2,1-2H3,(H2,12,13). The number of methoxy groups -OCH3 is 1. The SMILES string of the molecule is CCN(CCOC)Cc1cccnc1N. The predicted octanol–water partition coefficient (Wildman–Crippen LogP) is 1.13. The second kappa shape index (κ2) is 6.37. The molecule has 0 unspecified atom stereocenters. The Kier molecular flexibility index (Phi) is 5.07. The summed E-state index contributed by atoms with van der Waals surface area (Å²) in [5, 5.41) is 0. The van der Waals surface area contributed by atoms with Gasteiger partial charge in [-0.25, -0.2) is 4.98 Å². The first-order valence-corrected chi connectivity index (χ1v) is 5.18. The molecule has 1 aromatic heterocycles. The van der Waals surface area contributed by atoms with E-state index in [1.54, 1.807) is 13.3 Å². The maximum Gasteiger partial charge on any atom is 0.127 e. The van der Waals surface area contributed by atoms with Gasteiger partial charge in [0, 0.05) is 32.0 Å². The number of pyridine rings is 1. The molecule has 0 amide bonds. The number of rotatable bonds is 6. The summed E-state index contributed by atoms with van der Waals surface area (Å²) in [4.78, 5) is 6.34. The average Bonchev–Trinajstić information content (AvgIpc) is 2.26. The lowest BCUT2D eigenvalue weighted by atomic mass is 10.2. The number of ether oxygens (including phenoxy) is 1. The number of aromatic nitrogens is 1. The number of nitrogens with zero attached hydrogens (tertiary/aromatic N) is 2. The fourth-order valence-electron chi connectivity index (χ4n) is 1.39. The summed E-state index contributed by atoms with van der Waals surface area (Å²) >= 11 is 0. The van der Waals surface area contributed by atoms with Crippen molar-refractivity contribution in [2.24, 2.45) is 0 Å². The molecule has 0 radical (unpaired) electrons. The van der Waals surface area contributed by atoms with Gasteiger partial charge in [0.25, 0.3) is 0 Å². The van der Waals surface area contributed by atoms with Crippen LogP contribution in [0.5, 0.6) is 0 Å². The lowest BCUT2D eigenvalue weighted by Crippen LogP contribution is -2.27. The summed E-state index contributed by atoms with van der Waals surface area (Å²) in [5.41, 5.74) is 6.86. The van der Waals surface area contributed by atoms with Crippen molar-refractivity contribution in [2.75, 3.05) is 32.5 Å². The highest BCUT2D eigenvalue weighted by atomic mass is 16.5. The number of anilines is 1. The number of likely N-dealkylation sites (N-methyl/N-ethyl adjacent to an activating group) is 1. The van der Waals surface area contributed by atoms with Crippen LogP contribution in [0.3, 0.4) is 0 Å². The minimum Gasteiger partial charge on any atom is -0.383 e. The molecule has 84 valence electrons. The molecule has 0 bridgehead atoms. The molecule has 0 aliphatic rings. The van der Waals surface area contributed by atoms with Crippen LogP contribution in [0.1, 0.15) is 12.5 Å². The molecule has 2 N–H and O–H groups in total. The van der Waals surface area contributed by atoms with Gasteiger partial charge >= 0.3 is 0 Å². The zero-order valence-corrected chi connectivity index (χ0v) is 9.44. The number of hydrogen-bond donors (Lipinski definition) is 1. The molecule has 0 saturated carbocycles. The van der Waals surface area contributed by atoms with Gasteiger partial charge in [0.05, 0.1) is 6.61 Å². The molecule has 1 heterocycles. The Bertz CT molecular complexity index is 291. The molecule has 0 spiro atoms. The maximum atomic E-state index is 5.78. The summed E-state index contributed by atoms with van der Waals surface area (Å²) in [6.45, 7) is 5.61. The molecule has 0 aliphatic carbocycles. The molecule has 15 heavy (non-hydrogen) atoms. The Hall–Kier alpha value is -1.13. The zero-order valence-electron chi connectivity index (χ0n) is 9.44. The van der Waals surface area contributed by atoms with Crippen molar-refractivity contribution in [3.8, 4) is 0 Å². The van der Waals surface area contributed by atoms with E-state index in [4.69, 9.17) is 10.5 Å². The summed E-state index contributed by atoms with van der Waals surface area (Å²) in [5.74, 6) is 0.619. The lowest BCUT2D eigenvalue weighted by Gasteiger charge is -2.20. The largest absolute Gasteiger partial charge is 0.383 e. The van der Waals surface area contributed by atoms with Crippen LogP contribution < -0.4 is 5.73 Å². The van der Waals surface area contributed by atoms with Crippen molar-refractivity contribution in [1.82, 2.24) is 9.88 Å². The highest BCUT2D eigenvalue weighted by Crippen LogP contribution is 2.09. The van der Waals surface area contributed by atoms with Crippen LogP contribution in [0.15, 0.2) is 18.3 Å². The van der Waals surface area contributed by atoms with Gasteiger partial charge in [-0.05, 0) is 12.6 Å². The monoisotopic (exact) mass is 209 g/mol. The van der Waals surface area contributed by atoms with Gasteiger partial charge < -0.3 is 10.5 Å². The van der Waals surface area contributed by atoms with E-state index in [0.29, 0.717) is 5.82 Å². The third-order valence-corrected chi connectivity index (χ3v) is 2.38. The highest BCUT2D eigenvalue weighted by Gasteiger charge is 2.05. The van der Waals surface area contributed by atoms with E-state index < -0.39 is 0 Å². The Morgan fingerprint density at radius 2 is 2.33 bits per heavy atom. The van der Waals surface area contributed by atoms with Crippen molar-refractivity contribution >= 4 is 5.82 Å². The van der Waals surface area contributed by atoms with E-state index in [9.17, 15) is 0 Å². The average molecular weight is 209 g/mol. The van der Waals surface area contributed by atoms with Crippen LogP contribution in [0.4, 0.5) is 5.82 Å². The zero-order chi connectivity index (χ0) is 11.1. The third-order valence-electron chi connectivity index (χ3n) is 2.38. The van der Waals surface area contributed by atoms with Crippen LogP contribution in [-0.4, -0.2) is 36.7 Å². The van der Waals surface area contributed by atoms with Crippen LogP contribution in [0.2, 0.25) is 0 Å². The first-order chi connectivity index (χ1) is 7.27. The summed E-state index contributed by atoms with van der Waals surface area (Å²) in [6.07, 6.45) is 1.71. The fraction of sp³-hybridized carbons (Fsp3) is 0.545. The quantitative estimate of drug-likeness (QED) is 0.763. The normalized spacial score (nSPS) is 10.9. The molecule has 4 nitrogen and oxygen atoms in total. The topological polar surface area (TPSA) is 51.4 Å². The third kappa shape index (κ3) is 3.85. The van der Waals surface area contributed by atoms with Crippen molar-refractivity contribution < 1.29 is 4.74 Å². The minimum atomic E-state index is 0.619. The highest BCUT2D eigenvalue weighted by molar-refractivity contribution is 5.38. The van der Waals surface area contributed by atoms with Crippen LogP contribution in [-0.2, 0) is 11.3 Å². The Morgan fingerprint density at radius 1 is 1.53 bits per heavy atom. The Balaban J connectivity index is 2.54. The molecule has 1 rings (SSSR count). The van der Waals surface area contributed by atoms with Crippen molar-refractivity contribution in [1.29, 1.82) is 0 Å². The molecular formula is C11H19N3O. The molecule has 0 aromatic carbocycles. The van der Waals surface area contributed by atoms with E-state index in [0.717, 1.165) is 31.8 Å². The molecular weight excluding hydrogens is 190 g/mol. The summed E-state index contributed by atoms with van der Waals surface area (Å²) < 4.78 is 5.05. The first-order valence-electron chi connectivity index (χ1n) is 5.18. The lowest BCUT2D eigenvalue weighted by molar-refractivity contribution is 0.147. The van der Waals surface area contributed by atoms with E-state index in [-0.39, 0.29) is 0 Å². The van der Waals surface area contributed by atoms with Gasteiger partial charge in [0.15, 0.2) is 0 Å². The van der Waals surface area contributed by atoms with E-state index >= 15 is 0 Å². The van der Waals surface area contributed by atoms with E-state index in [1.165, 1.54) is 0 Å². The molecule has 0 fully saturated rings. The van der Waals surface area contributed by atoms with E-state index in [2.05, 4.69) is 16.8 Å². The second-order valence-corrected chi connectivity index (χ2v) is 3.41. The smallest absolute Gasteiger partial charge is 0.127 e. The molecule has 1 aromatic rings.